The lowest BCUT2D eigenvalue weighted by Crippen LogP contribution is -2.28. The molecule has 0 saturated heterocycles. The van der Waals surface area contributed by atoms with Gasteiger partial charge in [0, 0.05) is 12.1 Å². The SMILES string of the molecule is COc1ccccc1OC(=O)C1=CCCNC1. The predicted molar refractivity (Wildman–Crippen MR) is 64.2 cm³/mol. The van der Waals surface area contributed by atoms with Gasteiger partial charge in [0.2, 0.25) is 0 Å². The van der Waals surface area contributed by atoms with Gasteiger partial charge in [-0.3, -0.25) is 0 Å². The van der Waals surface area contributed by atoms with E-state index in [0.29, 0.717) is 23.6 Å². The van der Waals surface area contributed by atoms with Crippen LogP contribution in [-0.2, 0) is 4.79 Å². The van der Waals surface area contributed by atoms with Gasteiger partial charge in [-0.25, -0.2) is 4.79 Å². The molecule has 1 aliphatic rings. The Labute approximate surface area is 100 Å². The van der Waals surface area contributed by atoms with E-state index < -0.39 is 0 Å². The Kier molecular flexibility index (Phi) is 3.77. The Balaban J connectivity index is 2.09. The highest BCUT2D eigenvalue weighted by Gasteiger charge is 2.15. The van der Waals surface area contributed by atoms with Crippen LogP contribution in [0.15, 0.2) is 35.9 Å². The van der Waals surface area contributed by atoms with Crippen molar-refractivity contribution in [3.63, 3.8) is 0 Å². The largest absolute Gasteiger partial charge is 0.493 e. The zero-order valence-corrected chi connectivity index (χ0v) is 9.73. The topological polar surface area (TPSA) is 47.6 Å². The van der Waals surface area contributed by atoms with Crippen LogP contribution in [0, 0.1) is 0 Å². The molecule has 90 valence electrons. The van der Waals surface area contributed by atoms with Gasteiger partial charge in [0.1, 0.15) is 0 Å². The van der Waals surface area contributed by atoms with E-state index in [4.69, 9.17) is 9.47 Å². The molecule has 1 aliphatic heterocycles. The highest BCUT2D eigenvalue weighted by Crippen LogP contribution is 2.26. The second kappa shape index (κ2) is 5.50. The fraction of sp³-hybridized carbons (Fsp3) is 0.308. The van der Waals surface area contributed by atoms with Crippen LogP contribution in [-0.4, -0.2) is 26.2 Å². The van der Waals surface area contributed by atoms with E-state index in [1.807, 2.05) is 12.1 Å². The number of carbonyl (C=O) groups is 1. The molecule has 0 aliphatic carbocycles. The molecular formula is C13H15NO3. The van der Waals surface area contributed by atoms with Crippen molar-refractivity contribution >= 4 is 5.97 Å². The normalized spacial score (nSPS) is 15.0. The summed E-state index contributed by atoms with van der Waals surface area (Å²) in [6.07, 6.45) is 2.77. The summed E-state index contributed by atoms with van der Waals surface area (Å²) >= 11 is 0. The molecule has 0 amide bonds. The number of hydrogen-bond donors (Lipinski definition) is 1. The summed E-state index contributed by atoms with van der Waals surface area (Å²) in [5, 5.41) is 3.13. The summed E-state index contributed by atoms with van der Waals surface area (Å²) in [7, 11) is 1.55. The summed E-state index contributed by atoms with van der Waals surface area (Å²) in [4.78, 5) is 11.8. The molecule has 0 aromatic heterocycles. The first kappa shape index (κ1) is 11.7. The Morgan fingerprint density at radius 2 is 2.06 bits per heavy atom. The Morgan fingerprint density at radius 1 is 1.29 bits per heavy atom. The highest BCUT2D eigenvalue weighted by atomic mass is 16.6. The van der Waals surface area contributed by atoms with Crippen LogP contribution in [0.4, 0.5) is 0 Å². The van der Waals surface area contributed by atoms with Crippen LogP contribution in [0.1, 0.15) is 6.42 Å². The van der Waals surface area contributed by atoms with E-state index in [1.165, 1.54) is 0 Å². The van der Waals surface area contributed by atoms with Crippen molar-refractivity contribution in [2.45, 2.75) is 6.42 Å². The third kappa shape index (κ3) is 2.85. The van der Waals surface area contributed by atoms with Gasteiger partial charge in [-0.15, -0.1) is 0 Å². The number of benzene rings is 1. The van der Waals surface area contributed by atoms with Crippen molar-refractivity contribution in [2.24, 2.45) is 0 Å². The highest BCUT2D eigenvalue weighted by molar-refractivity contribution is 5.91. The molecule has 1 aromatic rings. The van der Waals surface area contributed by atoms with Crippen LogP contribution in [0.3, 0.4) is 0 Å². The van der Waals surface area contributed by atoms with Gasteiger partial charge in [0.25, 0.3) is 0 Å². The van der Waals surface area contributed by atoms with Gasteiger partial charge in [0.05, 0.1) is 7.11 Å². The van der Waals surface area contributed by atoms with Crippen molar-refractivity contribution in [2.75, 3.05) is 20.2 Å². The summed E-state index contributed by atoms with van der Waals surface area (Å²) in [6.45, 7) is 1.47. The van der Waals surface area contributed by atoms with Gasteiger partial charge >= 0.3 is 5.97 Å². The summed E-state index contributed by atoms with van der Waals surface area (Å²) < 4.78 is 10.4. The molecule has 0 spiro atoms. The average Bonchev–Trinajstić information content (AvgIpc) is 2.40. The third-order valence-corrected chi connectivity index (χ3v) is 2.56. The molecule has 1 N–H and O–H groups in total. The molecule has 0 unspecified atom stereocenters. The van der Waals surface area contributed by atoms with Gasteiger partial charge in [0.15, 0.2) is 11.5 Å². The fourth-order valence-electron chi connectivity index (χ4n) is 1.67. The minimum absolute atomic E-state index is 0.318. The number of hydrogen-bond acceptors (Lipinski definition) is 4. The summed E-state index contributed by atoms with van der Waals surface area (Å²) in [6, 6.07) is 7.11. The monoisotopic (exact) mass is 233 g/mol. The Bertz CT molecular complexity index is 440. The standard InChI is InChI=1S/C13H15NO3/c1-16-11-6-2-3-7-12(11)17-13(15)10-5-4-8-14-9-10/h2-3,5-7,14H,4,8-9H2,1H3. The van der Waals surface area contributed by atoms with Gasteiger partial charge in [-0.05, 0) is 25.1 Å². The Morgan fingerprint density at radius 3 is 2.71 bits per heavy atom. The van der Waals surface area contributed by atoms with E-state index in [2.05, 4.69) is 5.32 Å². The van der Waals surface area contributed by atoms with E-state index in [9.17, 15) is 4.79 Å². The number of esters is 1. The molecule has 4 nitrogen and oxygen atoms in total. The number of carbonyl (C=O) groups excluding carboxylic acids is 1. The van der Waals surface area contributed by atoms with E-state index in [1.54, 1.807) is 25.3 Å². The van der Waals surface area contributed by atoms with Gasteiger partial charge in [-0.2, -0.15) is 0 Å². The lowest BCUT2D eigenvalue weighted by Gasteiger charge is -2.14. The van der Waals surface area contributed by atoms with Crippen LogP contribution in [0.25, 0.3) is 0 Å². The molecule has 17 heavy (non-hydrogen) atoms. The molecule has 0 bridgehead atoms. The first-order valence-corrected chi connectivity index (χ1v) is 5.56. The fourth-order valence-corrected chi connectivity index (χ4v) is 1.67. The molecular weight excluding hydrogens is 218 g/mol. The van der Waals surface area contributed by atoms with Crippen molar-refractivity contribution in [1.29, 1.82) is 0 Å². The number of ether oxygens (including phenoxy) is 2. The minimum atomic E-state index is -0.318. The molecule has 0 atom stereocenters. The smallest absolute Gasteiger partial charge is 0.340 e. The molecule has 1 aromatic carbocycles. The van der Waals surface area contributed by atoms with Crippen molar-refractivity contribution in [1.82, 2.24) is 5.32 Å². The lowest BCUT2D eigenvalue weighted by atomic mass is 10.1. The first-order chi connectivity index (χ1) is 8.31. The molecule has 0 fully saturated rings. The number of methoxy groups -OCH3 is 1. The van der Waals surface area contributed by atoms with E-state index >= 15 is 0 Å². The van der Waals surface area contributed by atoms with Crippen LogP contribution >= 0.6 is 0 Å². The lowest BCUT2D eigenvalue weighted by molar-refractivity contribution is -0.130. The molecule has 1 heterocycles. The molecule has 2 rings (SSSR count). The minimum Gasteiger partial charge on any atom is -0.493 e. The number of rotatable bonds is 3. The summed E-state index contributed by atoms with van der Waals surface area (Å²) in [5.74, 6) is 0.693. The maximum absolute atomic E-state index is 11.8. The third-order valence-electron chi connectivity index (χ3n) is 2.56. The maximum atomic E-state index is 11.8. The van der Waals surface area contributed by atoms with Crippen LogP contribution < -0.4 is 14.8 Å². The molecule has 4 heteroatoms. The van der Waals surface area contributed by atoms with Crippen LogP contribution in [0.2, 0.25) is 0 Å². The molecule has 0 radical (unpaired) electrons. The quantitative estimate of drug-likeness (QED) is 0.635. The number of para-hydroxylation sites is 2. The van der Waals surface area contributed by atoms with Gasteiger partial charge in [-0.1, -0.05) is 18.2 Å². The second-order valence-corrected chi connectivity index (χ2v) is 3.74. The number of nitrogens with one attached hydrogen (secondary N) is 1. The van der Waals surface area contributed by atoms with Crippen molar-refractivity contribution in [3.8, 4) is 11.5 Å². The Hall–Kier alpha value is -1.81. The van der Waals surface area contributed by atoms with Crippen molar-refractivity contribution in [3.05, 3.63) is 35.9 Å². The van der Waals surface area contributed by atoms with Crippen molar-refractivity contribution < 1.29 is 14.3 Å². The van der Waals surface area contributed by atoms with E-state index in [-0.39, 0.29) is 5.97 Å². The first-order valence-electron chi connectivity index (χ1n) is 5.56. The zero-order valence-electron chi connectivity index (χ0n) is 9.73. The zero-order chi connectivity index (χ0) is 12.1. The van der Waals surface area contributed by atoms with Crippen LogP contribution in [0.5, 0.6) is 11.5 Å². The molecule has 0 saturated carbocycles. The average molecular weight is 233 g/mol. The van der Waals surface area contributed by atoms with E-state index in [0.717, 1.165) is 13.0 Å². The maximum Gasteiger partial charge on any atom is 0.340 e. The predicted octanol–water partition coefficient (Wildman–Crippen LogP) is 1.52. The van der Waals surface area contributed by atoms with Gasteiger partial charge < -0.3 is 14.8 Å². The summed E-state index contributed by atoms with van der Waals surface area (Å²) in [5.41, 5.74) is 0.669. The second-order valence-electron chi connectivity index (χ2n) is 3.74.